The number of amides is 1. The number of ether oxygens (including phenoxy) is 1. The molecule has 1 heterocycles. The van der Waals surface area contributed by atoms with Gasteiger partial charge in [0.25, 0.3) is 5.91 Å². The Morgan fingerprint density at radius 1 is 1.12 bits per heavy atom. The first-order chi connectivity index (χ1) is 12.2. The fraction of sp³-hybridized carbons (Fsp3) is 0.238. The van der Waals surface area contributed by atoms with Crippen molar-refractivity contribution in [1.29, 1.82) is 0 Å². The molecule has 4 rings (SSSR count). The van der Waals surface area contributed by atoms with E-state index in [1.165, 1.54) is 0 Å². The van der Waals surface area contributed by atoms with Gasteiger partial charge in [-0.15, -0.1) is 0 Å². The lowest BCUT2D eigenvalue weighted by Crippen LogP contribution is -2.33. The molecule has 0 atom stereocenters. The maximum Gasteiger partial charge on any atom is 0.273 e. The van der Waals surface area contributed by atoms with E-state index in [1.807, 2.05) is 53.4 Å². The van der Waals surface area contributed by atoms with Crippen molar-refractivity contribution < 1.29 is 9.53 Å². The molecule has 4 nitrogen and oxygen atoms in total. The van der Waals surface area contributed by atoms with Crippen molar-refractivity contribution in [3.63, 3.8) is 0 Å². The molecule has 1 aliphatic rings. The molecule has 0 saturated heterocycles. The van der Waals surface area contributed by atoms with Gasteiger partial charge in [-0.2, -0.15) is 0 Å². The molecule has 1 aliphatic carbocycles. The maximum absolute atomic E-state index is 13.0. The maximum atomic E-state index is 13.0. The SMILES string of the molecule is COc1ccc2nc(C(=O)N(Cc3ccccc3)C3CC3)ccc2c1. The Morgan fingerprint density at radius 2 is 1.92 bits per heavy atom. The fourth-order valence-corrected chi connectivity index (χ4v) is 3.03. The number of aromatic nitrogens is 1. The molecule has 25 heavy (non-hydrogen) atoms. The monoisotopic (exact) mass is 332 g/mol. The third kappa shape index (κ3) is 3.33. The summed E-state index contributed by atoms with van der Waals surface area (Å²) in [6.45, 7) is 0.632. The van der Waals surface area contributed by atoms with Gasteiger partial charge in [-0.05, 0) is 42.7 Å². The minimum Gasteiger partial charge on any atom is -0.497 e. The molecule has 1 saturated carbocycles. The quantitative estimate of drug-likeness (QED) is 0.708. The largest absolute Gasteiger partial charge is 0.497 e. The second kappa shape index (κ2) is 6.55. The van der Waals surface area contributed by atoms with Crippen molar-refractivity contribution in [2.45, 2.75) is 25.4 Å². The summed E-state index contributed by atoms with van der Waals surface area (Å²) in [5, 5.41) is 0.969. The van der Waals surface area contributed by atoms with Crippen LogP contribution < -0.4 is 4.74 Å². The minimum atomic E-state index is 0.00377. The Labute approximate surface area is 147 Å². The summed E-state index contributed by atoms with van der Waals surface area (Å²) in [7, 11) is 1.64. The van der Waals surface area contributed by atoms with Crippen LogP contribution in [0, 0.1) is 0 Å². The topological polar surface area (TPSA) is 42.4 Å². The van der Waals surface area contributed by atoms with Crippen molar-refractivity contribution in [2.75, 3.05) is 7.11 Å². The molecular formula is C21H20N2O2. The van der Waals surface area contributed by atoms with E-state index in [9.17, 15) is 4.79 Å². The van der Waals surface area contributed by atoms with Crippen LogP contribution in [0.1, 0.15) is 28.9 Å². The number of rotatable bonds is 5. The van der Waals surface area contributed by atoms with Gasteiger partial charge in [0.2, 0.25) is 0 Å². The third-order valence-corrected chi connectivity index (χ3v) is 4.56. The highest BCUT2D eigenvalue weighted by atomic mass is 16.5. The van der Waals surface area contributed by atoms with E-state index in [4.69, 9.17) is 4.74 Å². The highest BCUT2D eigenvalue weighted by Gasteiger charge is 2.33. The molecule has 0 aliphatic heterocycles. The number of hydrogen-bond donors (Lipinski definition) is 0. The smallest absolute Gasteiger partial charge is 0.273 e. The second-order valence-electron chi connectivity index (χ2n) is 6.40. The van der Waals surface area contributed by atoms with Crippen LogP contribution in [0.25, 0.3) is 10.9 Å². The van der Waals surface area contributed by atoms with Crippen LogP contribution >= 0.6 is 0 Å². The third-order valence-electron chi connectivity index (χ3n) is 4.56. The van der Waals surface area contributed by atoms with E-state index in [-0.39, 0.29) is 5.91 Å². The zero-order valence-corrected chi connectivity index (χ0v) is 14.2. The standard InChI is InChI=1S/C21H20N2O2/c1-25-18-10-12-19-16(13-18)7-11-20(22-19)21(24)23(17-8-9-17)14-15-5-3-2-4-6-15/h2-7,10-13,17H,8-9,14H2,1H3. The zero-order chi connectivity index (χ0) is 17.2. The number of carbonyl (C=O) groups is 1. The lowest BCUT2D eigenvalue weighted by Gasteiger charge is -2.22. The first-order valence-electron chi connectivity index (χ1n) is 8.54. The number of hydrogen-bond acceptors (Lipinski definition) is 3. The van der Waals surface area contributed by atoms with Crippen molar-refractivity contribution in [2.24, 2.45) is 0 Å². The Kier molecular flexibility index (Phi) is 4.10. The van der Waals surface area contributed by atoms with Crippen molar-refractivity contribution in [1.82, 2.24) is 9.88 Å². The van der Waals surface area contributed by atoms with Crippen LogP contribution in [0.2, 0.25) is 0 Å². The Morgan fingerprint density at radius 3 is 2.64 bits per heavy atom. The average Bonchev–Trinajstić information content (AvgIpc) is 3.50. The molecule has 0 bridgehead atoms. The normalized spacial score (nSPS) is 13.6. The molecular weight excluding hydrogens is 312 g/mol. The van der Waals surface area contributed by atoms with Gasteiger partial charge in [-0.3, -0.25) is 4.79 Å². The Bertz CT molecular complexity index is 904. The first-order valence-corrected chi connectivity index (χ1v) is 8.54. The van der Waals surface area contributed by atoms with E-state index >= 15 is 0 Å². The molecule has 126 valence electrons. The molecule has 0 unspecified atom stereocenters. The number of benzene rings is 2. The average molecular weight is 332 g/mol. The van der Waals surface area contributed by atoms with E-state index in [2.05, 4.69) is 17.1 Å². The second-order valence-corrected chi connectivity index (χ2v) is 6.40. The summed E-state index contributed by atoms with van der Waals surface area (Å²) in [6, 6.07) is 19.9. The van der Waals surface area contributed by atoms with Gasteiger partial charge in [0.15, 0.2) is 0 Å². The van der Waals surface area contributed by atoms with Crippen molar-refractivity contribution in [3.8, 4) is 5.75 Å². The van der Waals surface area contributed by atoms with Crippen LogP contribution in [0.4, 0.5) is 0 Å². The molecule has 0 N–H and O–H groups in total. The summed E-state index contributed by atoms with van der Waals surface area (Å²) in [6.07, 6.45) is 2.15. The molecule has 4 heteroatoms. The van der Waals surface area contributed by atoms with Gasteiger partial charge in [0, 0.05) is 18.0 Å². The van der Waals surface area contributed by atoms with Gasteiger partial charge in [0.05, 0.1) is 12.6 Å². The summed E-state index contributed by atoms with van der Waals surface area (Å²) in [4.78, 5) is 19.6. The highest BCUT2D eigenvalue weighted by Crippen LogP contribution is 2.30. The molecule has 1 fully saturated rings. The molecule has 1 aromatic heterocycles. The summed E-state index contributed by atoms with van der Waals surface area (Å²) >= 11 is 0. The molecule has 0 radical (unpaired) electrons. The minimum absolute atomic E-state index is 0.00377. The van der Waals surface area contributed by atoms with Gasteiger partial charge in [-0.1, -0.05) is 36.4 Å². The van der Waals surface area contributed by atoms with Gasteiger partial charge < -0.3 is 9.64 Å². The van der Waals surface area contributed by atoms with Crippen LogP contribution in [-0.4, -0.2) is 28.9 Å². The summed E-state index contributed by atoms with van der Waals surface area (Å²) in [5.74, 6) is 0.793. The summed E-state index contributed by atoms with van der Waals surface area (Å²) < 4.78 is 5.24. The molecule has 3 aromatic rings. The molecule has 1 amide bonds. The number of methoxy groups -OCH3 is 1. The predicted octanol–water partition coefficient (Wildman–Crippen LogP) is 4.05. The Balaban J connectivity index is 1.62. The van der Waals surface area contributed by atoms with Crippen LogP contribution in [0.3, 0.4) is 0 Å². The molecule has 2 aromatic carbocycles. The number of carbonyl (C=O) groups excluding carboxylic acids is 1. The van der Waals surface area contributed by atoms with Crippen LogP contribution in [0.5, 0.6) is 5.75 Å². The van der Waals surface area contributed by atoms with E-state index in [0.717, 1.165) is 35.1 Å². The number of nitrogens with zero attached hydrogens (tertiary/aromatic N) is 2. The van der Waals surface area contributed by atoms with Crippen molar-refractivity contribution in [3.05, 3.63) is 71.9 Å². The van der Waals surface area contributed by atoms with Crippen molar-refractivity contribution >= 4 is 16.8 Å². The van der Waals surface area contributed by atoms with Gasteiger partial charge in [-0.25, -0.2) is 4.98 Å². The zero-order valence-electron chi connectivity index (χ0n) is 14.2. The van der Waals surface area contributed by atoms with E-state index in [0.29, 0.717) is 18.3 Å². The predicted molar refractivity (Wildman–Crippen MR) is 97.6 cm³/mol. The number of fused-ring (bicyclic) bond motifs is 1. The molecule has 0 spiro atoms. The number of pyridine rings is 1. The van der Waals surface area contributed by atoms with E-state index in [1.54, 1.807) is 7.11 Å². The van der Waals surface area contributed by atoms with Crippen LogP contribution in [-0.2, 0) is 6.54 Å². The first kappa shape index (κ1) is 15.6. The lowest BCUT2D eigenvalue weighted by molar-refractivity contribution is 0.0724. The van der Waals surface area contributed by atoms with E-state index < -0.39 is 0 Å². The van der Waals surface area contributed by atoms with Gasteiger partial charge in [0.1, 0.15) is 11.4 Å². The van der Waals surface area contributed by atoms with Gasteiger partial charge >= 0.3 is 0 Å². The summed E-state index contributed by atoms with van der Waals surface area (Å²) in [5.41, 5.74) is 2.45. The fourth-order valence-electron chi connectivity index (χ4n) is 3.03. The lowest BCUT2D eigenvalue weighted by atomic mass is 10.1. The Hall–Kier alpha value is -2.88. The highest BCUT2D eigenvalue weighted by molar-refractivity contribution is 5.95. The van der Waals surface area contributed by atoms with Crippen LogP contribution in [0.15, 0.2) is 60.7 Å².